The van der Waals surface area contributed by atoms with Crippen LogP contribution in [0, 0.1) is 5.41 Å². The topological polar surface area (TPSA) is 117 Å². The number of carbonyl (C=O) groups is 1. The molecular weight excluding hydrogens is 716 g/mol. The van der Waals surface area contributed by atoms with E-state index in [9.17, 15) is 36.6 Å². The highest BCUT2D eigenvalue weighted by molar-refractivity contribution is 7.91. The van der Waals surface area contributed by atoms with Crippen LogP contribution >= 0.6 is 11.3 Å². The highest BCUT2D eigenvalue weighted by Crippen LogP contribution is 2.59. The number of nitrogens with zero attached hydrogens (tertiary/aromatic N) is 1. The number of benzene rings is 2. The number of aliphatic hydroxyl groups is 2. The number of sulfonamides is 1. The van der Waals surface area contributed by atoms with Crippen molar-refractivity contribution in [2.45, 2.75) is 93.5 Å². The van der Waals surface area contributed by atoms with Crippen molar-refractivity contribution in [3.63, 3.8) is 0 Å². The number of thiophene rings is 1. The number of furan rings is 1. The molecular formula is C39H42F3NO7S2. The zero-order valence-electron chi connectivity index (χ0n) is 28.9. The van der Waals surface area contributed by atoms with Crippen molar-refractivity contribution in [2.75, 3.05) is 6.54 Å². The van der Waals surface area contributed by atoms with Gasteiger partial charge < -0.3 is 19.4 Å². The number of rotatable bonds is 9. The fourth-order valence-electron chi connectivity index (χ4n) is 7.79. The molecule has 1 fully saturated rings. The van der Waals surface area contributed by atoms with Crippen molar-refractivity contribution in [3.05, 3.63) is 118 Å². The Balaban J connectivity index is 1.42. The standard InChI is InChI=1S/C39H42F3NO7S2/c1-26-6-3-18-37(2)33(31-16-12-28(22-29(44)13-9-26)23-32(31)36(45)34-7-4-20-49-34)17-19-38(37,46)25-43(52(47,48)35-8-5-21-51-35)24-27-10-14-30(15-11-27)50-39(40,41)42/h4-8,10-12,14-16,20-21,23,29,33,44,46H,3,9,13,17-19,22,24-25H2,1-2H3. The van der Waals surface area contributed by atoms with E-state index in [-0.39, 0.29) is 41.2 Å². The Hall–Kier alpha value is -3.75. The van der Waals surface area contributed by atoms with E-state index in [0.717, 1.165) is 34.6 Å². The number of carbonyl (C=O) groups excluding carboxylic acids is 1. The Bertz CT molecular complexity index is 1990. The quantitative estimate of drug-likeness (QED) is 0.130. The summed E-state index contributed by atoms with van der Waals surface area (Å²) in [5.74, 6) is -0.963. The highest BCUT2D eigenvalue weighted by Gasteiger charge is 2.58. The maximum absolute atomic E-state index is 14.2. The van der Waals surface area contributed by atoms with Gasteiger partial charge in [-0.2, -0.15) is 4.31 Å². The molecule has 0 amide bonds. The second-order valence-corrected chi connectivity index (χ2v) is 17.3. The number of ether oxygens (including phenoxy) is 1. The molecule has 4 atom stereocenters. The average molecular weight is 758 g/mol. The first kappa shape index (κ1) is 38.0. The van der Waals surface area contributed by atoms with Crippen LogP contribution in [0.5, 0.6) is 5.75 Å². The molecule has 13 heteroatoms. The summed E-state index contributed by atoms with van der Waals surface area (Å²) in [6, 6.07) is 17.0. The van der Waals surface area contributed by atoms with Crippen LogP contribution in [0.1, 0.15) is 91.1 Å². The summed E-state index contributed by atoms with van der Waals surface area (Å²) >= 11 is 1.04. The van der Waals surface area contributed by atoms with Crippen LogP contribution in [0.2, 0.25) is 0 Å². The number of hydrogen-bond donors (Lipinski definition) is 2. The number of alkyl halides is 3. The van der Waals surface area contributed by atoms with Gasteiger partial charge in [-0.3, -0.25) is 4.79 Å². The molecule has 278 valence electrons. The first-order valence-electron chi connectivity index (χ1n) is 17.2. The lowest BCUT2D eigenvalue weighted by molar-refractivity contribution is -0.274. The molecule has 2 N–H and O–H groups in total. The zero-order chi connectivity index (χ0) is 37.3. The smallest absolute Gasteiger partial charge is 0.461 e. The van der Waals surface area contributed by atoms with Gasteiger partial charge in [0.05, 0.1) is 18.0 Å². The molecule has 0 saturated heterocycles. The lowest BCUT2D eigenvalue weighted by Gasteiger charge is -2.46. The van der Waals surface area contributed by atoms with Crippen LogP contribution in [0.25, 0.3) is 0 Å². The minimum absolute atomic E-state index is 0.0708. The molecule has 3 aliphatic carbocycles. The Labute approximate surface area is 305 Å². The number of fused-ring (bicyclic) bond motifs is 8. The number of hydrogen-bond acceptors (Lipinski definition) is 8. The van der Waals surface area contributed by atoms with Crippen molar-refractivity contribution in [3.8, 4) is 5.75 Å². The largest absolute Gasteiger partial charge is 0.573 e. The highest BCUT2D eigenvalue weighted by atomic mass is 32.2. The molecule has 2 aromatic heterocycles. The van der Waals surface area contributed by atoms with Crippen molar-refractivity contribution >= 4 is 27.1 Å². The molecule has 2 aromatic carbocycles. The minimum atomic E-state index is -4.88. The van der Waals surface area contributed by atoms with E-state index in [4.69, 9.17) is 4.42 Å². The zero-order valence-corrected chi connectivity index (χ0v) is 30.6. The molecule has 4 unspecified atom stereocenters. The van der Waals surface area contributed by atoms with Gasteiger partial charge >= 0.3 is 6.36 Å². The van der Waals surface area contributed by atoms with Gasteiger partial charge in [0.15, 0.2) is 5.76 Å². The fraction of sp³-hybridized carbons (Fsp3) is 0.410. The first-order valence-corrected chi connectivity index (χ1v) is 19.6. The molecule has 0 radical (unpaired) electrons. The summed E-state index contributed by atoms with van der Waals surface area (Å²) in [6.45, 7) is 3.45. The maximum atomic E-state index is 14.2. The molecule has 2 heterocycles. The number of ketones is 1. The minimum Gasteiger partial charge on any atom is -0.461 e. The van der Waals surface area contributed by atoms with E-state index in [2.05, 4.69) is 10.8 Å². The normalized spacial score (nSPS) is 24.3. The van der Waals surface area contributed by atoms with E-state index >= 15 is 0 Å². The predicted octanol–water partition coefficient (Wildman–Crippen LogP) is 8.40. The maximum Gasteiger partial charge on any atom is 0.573 e. The van der Waals surface area contributed by atoms with E-state index in [0.29, 0.717) is 55.2 Å². The third-order valence-corrected chi connectivity index (χ3v) is 13.9. The van der Waals surface area contributed by atoms with Crippen molar-refractivity contribution in [1.82, 2.24) is 4.31 Å². The molecule has 3 aliphatic rings. The Kier molecular flexibility index (Phi) is 10.9. The first-order chi connectivity index (χ1) is 24.6. The van der Waals surface area contributed by atoms with Crippen molar-refractivity contribution in [2.24, 2.45) is 5.41 Å². The van der Waals surface area contributed by atoms with Gasteiger partial charge in [-0.1, -0.05) is 48.9 Å². The number of halogens is 3. The summed E-state index contributed by atoms with van der Waals surface area (Å²) in [5.41, 5.74) is 0.893. The van der Waals surface area contributed by atoms with Crippen LogP contribution in [-0.2, 0) is 23.0 Å². The van der Waals surface area contributed by atoms with Crippen LogP contribution in [0.15, 0.2) is 98.6 Å². The van der Waals surface area contributed by atoms with Gasteiger partial charge in [0.25, 0.3) is 10.0 Å². The van der Waals surface area contributed by atoms with Crippen LogP contribution < -0.4 is 4.74 Å². The fourth-order valence-corrected chi connectivity index (χ4v) is 10.4. The SMILES string of the molecule is CC1=CCCC2(C)C(CCC2(O)CN(Cc2ccc(OC(F)(F)F)cc2)S(=O)(=O)c2cccs2)c2ccc(cc2C(=O)c2ccco2)CC(O)CC1. The van der Waals surface area contributed by atoms with E-state index < -0.39 is 39.3 Å². The lowest BCUT2D eigenvalue weighted by atomic mass is 9.65. The van der Waals surface area contributed by atoms with E-state index in [1.165, 1.54) is 28.8 Å². The molecule has 8 nitrogen and oxygen atoms in total. The molecule has 2 bridgehead atoms. The molecule has 0 spiro atoms. The Morgan fingerprint density at radius 2 is 1.85 bits per heavy atom. The Morgan fingerprint density at radius 3 is 2.52 bits per heavy atom. The van der Waals surface area contributed by atoms with Crippen molar-refractivity contribution < 1.29 is 45.8 Å². The van der Waals surface area contributed by atoms with Crippen LogP contribution in [-0.4, -0.2) is 53.3 Å². The molecule has 1 saturated carbocycles. The second kappa shape index (κ2) is 14.9. The monoisotopic (exact) mass is 757 g/mol. The summed E-state index contributed by atoms with van der Waals surface area (Å²) in [7, 11) is -4.17. The van der Waals surface area contributed by atoms with Gasteiger partial charge in [-0.05, 0) is 116 Å². The third kappa shape index (κ3) is 8.08. The number of allylic oxidation sites excluding steroid dienone is 2. The summed E-state index contributed by atoms with van der Waals surface area (Å²) < 4.78 is 77.8. The predicted molar refractivity (Wildman–Crippen MR) is 191 cm³/mol. The third-order valence-electron chi connectivity index (χ3n) is 10.7. The van der Waals surface area contributed by atoms with Gasteiger partial charge in [0.1, 0.15) is 9.96 Å². The molecule has 0 aliphatic heterocycles. The lowest BCUT2D eigenvalue weighted by Crippen LogP contribution is -2.53. The van der Waals surface area contributed by atoms with Crippen LogP contribution in [0.4, 0.5) is 13.2 Å². The van der Waals surface area contributed by atoms with Crippen molar-refractivity contribution in [1.29, 1.82) is 0 Å². The summed E-state index contributed by atoms with van der Waals surface area (Å²) in [6.07, 6.45) is 1.31. The Morgan fingerprint density at radius 1 is 1.08 bits per heavy atom. The second-order valence-electron chi connectivity index (χ2n) is 14.2. The molecule has 4 aromatic rings. The van der Waals surface area contributed by atoms with E-state index in [1.54, 1.807) is 29.6 Å². The van der Waals surface area contributed by atoms with Crippen LogP contribution in [0.3, 0.4) is 0 Å². The number of aliphatic hydroxyl groups excluding tert-OH is 1. The van der Waals surface area contributed by atoms with Gasteiger partial charge in [-0.25, -0.2) is 8.42 Å². The summed E-state index contributed by atoms with van der Waals surface area (Å²) in [5, 5.41) is 25.4. The molecule has 52 heavy (non-hydrogen) atoms. The molecule has 7 rings (SSSR count). The van der Waals surface area contributed by atoms with Gasteiger partial charge in [0.2, 0.25) is 5.78 Å². The van der Waals surface area contributed by atoms with Gasteiger partial charge in [-0.15, -0.1) is 24.5 Å². The van der Waals surface area contributed by atoms with E-state index in [1.807, 2.05) is 26.0 Å². The summed E-state index contributed by atoms with van der Waals surface area (Å²) in [4.78, 5) is 14.0. The van der Waals surface area contributed by atoms with Gasteiger partial charge in [0, 0.05) is 24.1 Å². The average Bonchev–Trinajstić information content (AvgIpc) is 3.87.